The molecule has 1 N–H and O–H groups in total. The van der Waals surface area contributed by atoms with E-state index in [0.29, 0.717) is 0 Å². The maximum Gasteiger partial charge on any atom is 0.162 e. The van der Waals surface area contributed by atoms with Gasteiger partial charge in [-0.25, -0.2) is 9.97 Å². The van der Waals surface area contributed by atoms with E-state index in [1.165, 1.54) is 17.0 Å². The van der Waals surface area contributed by atoms with Gasteiger partial charge >= 0.3 is 0 Å². The summed E-state index contributed by atoms with van der Waals surface area (Å²) in [6.07, 6.45) is 10.5. The van der Waals surface area contributed by atoms with Crippen LogP contribution in [0.1, 0.15) is 79.7 Å². The predicted molar refractivity (Wildman–Crippen MR) is 195 cm³/mol. The Morgan fingerprint density at radius 3 is 1.98 bits per heavy atom. The number of pyridine rings is 1. The molecule has 48 heavy (non-hydrogen) atoms. The number of carbonyl (C=O) groups is 1. The Morgan fingerprint density at radius 1 is 0.771 bits per heavy atom. The third kappa shape index (κ3) is 9.78. The number of aliphatic hydroxyl groups excluding tert-OH is 1. The van der Waals surface area contributed by atoms with E-state index in [1.807, 2.05) is 82.7 Å². The SMILES string of the molecule is CC(C)(C)c1cc(-c2cc(-c3cnc(-c4ccccc4)nc3)ccn2)[c-]c2ccccc12.CCC(CC)C(=O)/C=C(\O)C(CC)CC.[Ir]. The number of allylic oxidation sites excluding steroid dienone is 2. The first-order chi connectivity index (χ1) is 22.6. The molecule has 0 spiro atoms. The average Bonchev–Trinajstić information content (AvgIpc) is 3.09. The molecule has 0 unspecified atom stereocenters. The Bertz CT molecular complexity index is 1790. The van der Waals surface area contributed by atoms with Crippen molar-refractivity contribution in [1.29, 1.82) is 0 Å². The van der Waals surface area contributed by atoms with Crippen LogP contribution < -0.4 is 0 Å². The first-order valence-electron chi connectivity index (χ1n) is 16.8. The van der Waals surface area contributed by atoms with Crippen molar-refractivity contribution in [1.82, 2.24) is 15.0 Å². The fourth-order valence-electron chi connectivity index (χ4n) is 5.74. The molecule has 0 saturated carbocycles. The van der Waals surface area contributed by atoms with Crippen molar-refractivity contribution in [2.75, 3.05) is 0 Å². The van der Waals surface area contributed by atoms with Crippen LogP contribution in [0.3, 0.4) is 0 Å². The van der Waals surface area contributed by atoms with Gasteiger partial charge in [0.15, 0.2) is 11.6 Å². The predicted octanol–water partition coefficient (Wildman–Crippen LogP) is 11.0. The van der Waals surface area contributed by atoms with Gasteiger partial charge in [0.05, 0.1) is 5.76 Å². The number of hydrogen-bond acceptors (Lipinski definition) is 5. The summed E-state index contributed by atoms with van der Waals surface area (Å²) in [6, 6.07) is 28.3. The molecule has 3 aromatic carbocycles. The van der Waals surface area contributed by atoms with Gasteiger partial charge in [-0.15, -0.1) is 29.1 Å². The van der Waals surface area contributed by atoms with Gasteiger partial charge in [-0.1, -0.05) is 114 Å². The van der Waals surface area contributed by atoms with Gasteiger partial charge in [0, 0.05) is 73.4 Å². The molecule has 0 atom stereocenters. The van der Waals surface area contributed by atoms with Crippen molar-refractivity contribution in [2.45, 2.75) is 79.6 Å². The summed E-state index contributed by atoms with van der Waals surface area (Å²) in [7, 11) is 0. The maximum atomic E-state index is 11.7. The van der Waals surface area contributed by atoms with Gasteiger partial charge in [-0.3, -0.25) is 9.78 Å². The van der Waals surface area contributed by atoms with Crippen LogP contribution in [0.2, 0.25) is 0 Å². The largest absolute Gasteiger partial charge is 0.512 e. The maximum absolute atomic E-state index is 11.7. The van der Waals surface area contributed by atoms with Gasteiger partial charge in [0.25, 0.3) is 0 Å². The fourth-order valence-corrected chi connectivity index (χ4v) is 5.74. The van der Waals surface area contributed by atoms with Crippen LogP contribution in [-0.4, -0.2) is 25.8 Å². The van der Waals surface area contributed by atoms with Crippen molar-refractivity contribution < 1.29 is 30.0 Å². The third-order valence-corrected chi connectivity index (χ3v) is 8.72. The number of ketones is 1. The number of hydrogen-bond donors (Lipinski definition) is 1. The molecule has 0 amide bonds. The summed E-state index contributed by atoms with van der Waals surface area (Å²) in [5, 5.41) is 12.1. The van der Waals surface area contributed by atoms with Gasteiger partial charge in [-0.2, -0.15) is 0 Å². The summed E-state index contributed by atoms with van der Waals surface area (Å²) in [6.45, 7) is 14.8. The van der Waals surface area contributed by atoms with Crippen molar-refractivity contribution in [3.05, 3.63) is 115 Å². The number of rotatable bonds is 10. The molecule has 0 bridgehead atoms. The van der Waals surface area contributed by atoms with Crippen LogP contribution >= 0.6 is 0 Å². The van der Waals surface area contributed by atoms with Crippen molar-refractivity contribution in [3.8, 4) is 33.8 Å². The molecule has 0 aliphatic heterocycles. The fraction of sp³-hybridized carbons (Fsp3) is 0.333. The van der Waals surface area contributed by atoms with Crippen LogP contribution in [0.5, 0.6) is 0 Å². The Morgan fingerprint density at radius 2 is 1.38 bits per heavy atom. The summed E-state index contributed by atoms with van der Waals surface area (Å²) >= 11 is 0. The minimum atomic E-state index is 0. The molecule has 5 nitrogen and oxygen atoms in total. The van der Waals surface area contributed by atoms with E-state index in [0.717, 1.165) is 64.8 Å². The van der Waals surface area contributed by atoms with Crippen LogP contribution in [0.15, 0.2) is 103 Å². The second kappa shape index (κ2) is 18.0. The molecule has 0 aliphatic carbocycles. The van der Waals surface area contributed by atoms with Crippen LogP contribution in [0.25, 0.3) is 44.5 Å². The zero-order chi connectivity index (χ0) is 34.0. The zero-order valence-electron chi connectivity index (χ0n) is 29.3. The summed E-state index contributed by atoms with van der Waals surface area (Å²) in [5.41, 5.74) is 6.21. The third-order valence-electron chi connectivity index (χ3n) is 8.72. The molecule has 0 saturated heterocycles. The molecule has 0 aliphatic rings. The number of nitrogens with zero attached hydrogens (tertiary/aromatic N) is 3. The van der Waals surface area contributed by atoms with Crippen LogP contribution in [-0.2, 0) is 30.3 Å². The minimum absolute atomic E-state index is 0. The standard InChI is InChI=1S/C29H24N3.C13H24O2.Ir/c1-29(2,3)26-16-23(15-22-11-7-8-12-25(22)26)27-17-21(13-14-30-27)24-18-31-28(32-19-24)20-9-5-4-6-10-20;1-5-10(6-2)12(14)9-13(15)11(7-3)8-4;/h4-14,16-19H,1-3H3;9-11,14H,5-8H2,1-4H3;/q-1;;/b;12-9-;. The van der Waals surface area contributed by atoms with Gasteiger partial charge in [0.2, 0.25) is 0 Å². The molecule has 253 valence electrons. The van der Waals surface area contributed by atoms with E-state index in [9.17, 15) is 9.90 Å². The van der Waals surface area contributed by atoms with Crippen LogP contribution in [0.4, 0.5) is 0 Å². The average molecular weight is 819 g/mol. The molecule has 2 aromatic heterocycles. The molecular formula is C42H48IrN3O2-. The molecular weight excluding hydrogens is 771 g/mol. The second-order valence-electron chi connectivity index (χ2n) is 13.0. The zero-order valence-corrected chi connectivity index (χ0v) is 31.6. The molecule has 6 heteroatoms. The van der Waals surface area contributed by atoms with Crippen molar-refractivity contribution in [2.24, 2.45) is 11.8 Å². The van der Waals surface area contributed by atoms with E-state index in [1.54, 1.807) is 0 Å². The smallest absolute Gasteiger partial charge is 0.162 e. The minimum Gasteiger partial charge on any atom is -0.512 e. The van der Waals surface area contributed by atoms with Crippen molar-refractivity contribution >= 4 is 16.6 Å². The summed E-state index contributed by atoms with van der Waals surface area (Å²) < 4.78 is 0. The number of benzene rings is 3. The quantitative estimate of drug-likeness (QED) is 0.0863. The van der Waals surface area contributed by atoms with Gasteiger partial charge in [-0.05, 0) is 42.7 Å². The number of fused-ring (bicyclic) bond motifs is 1. The molecule has 0 fully saturated rings. The second-order valence-corrected chi connectivity index (χ2v) is 13.0. The van der Waals surface area contributed by atoms with E-state index in [4.69, 9.17) is 0 Å². The van der Waals surface area contributed by atoms with Crippen LogP contribution in [0, 0.1) is 17.9 Å². The van der Waals surface area contributed by atoms with E-state index in [2.05, 4.69) is 78.2 Å². The van der Waals surface area contributed by atoms with Gasteiger partial charge < -0.3 is 5.11 Å². The number of aliphatic hydroxyl groups is 1. The summed E-state index contributed by atoms with van der Waals surface area (Å²) in [5.74, 6) is 1.27. The molecule has 1 radical (unpaired) electrons. The number of carbonyl (C=O) groups excluding carboxylic acids is 1. The monoisotopic (exact) mass is 819 g/mol. The Balaban J connectivity index is 0.000000334. The van der Waals surface area contributed by atoms with E-state index in [-0.39, 0.29) is 48.9 Å². The first kappa shape index (κ1) is 38.5. The Kier molecular flexibility index (Phi) is 14.4. The molecule has 2 heterocycles. The number of aromatic nitrogens is 3. The Labute approximate surface area is 300 Å². The topological polar surface area (TPSA) is 76.0 Å². The molecule has 5 aromatic rings. The summed E-state index contributed by atoms with van der Waals surface area (Å²) in [4.78, 5) is 25.5. The molecule has 5 rings (SSSR count). The Hall–Kier alpha value is -3.99. The van der Waals surface area contributed by atoms with E-state index >= 15 is 0 Å². The van der Waals surface area contributed by atoms with Crippen molar-refractivity contribution in [3.63, 3.8) is 0 Å². The van der Waals surface area contributed by atoms with E-state index < -0.39 is 0 Å². The normalized spacial score (nSPS) is 11.6. The first-order valence-corrected chi connectivity index (χ1v) is 16.8. The van der Waals surface area contributed by atoms with Gasteiger partial charge in [0.1, 0.15) is 0 Å².